The maximum atomic E-state index is 12.1. The van der Waals surface area contributed by atoms with Gasteiger partial charge in [-0.25, -0.2) is 0 Å². The zero-order valence-corrected chi connectivity index (χ0v) is 13.4. The van der Waals surface area contributed by atoms with E-state index in [2.05, 4.69) is 38.3 Å². The molecule has 0 radical (unpaired) electrons. The van der Waals surface area contributed by atoms with E-state index in [1.54, 1.807) is 0 Å². The normalized spacial score (nSPS) is 22.8. The van der Waals surface area contributed by atoms with Crippen molar-refractivity contribution in [2.45, 2.75) is 91.3 Å². The molecule has 2 unspecified atom stereocenters. The topological polar surface area (TPSA) is 41.1 Å². The minimum atomic E-state index is -0.0782. The van der Waals surface area contributed by atoms with Gasteiger partial charge in [0, 0.05) is 12.1 Å². The Hall–Kier alpha value is -0.570. The summed E-state index contributed by atoms with van der Waals surface area (Å²) < 4.78 is 0. The molecule has 0 aromatic heterocycles. The smallest absolute Gasteiger partial charge is 0.237 e. The largest absolute Gasteiger partial charge is 0.352 e. The van der Waals surface area contributed by atoms with E-state index in [0.717, 1.165) is 12.8 Å². The van der Waals surface area contributed by atoms with E-state index >= 15 is 0 Å². The molecule has 1 fully saturated rings. The number of rotatable bonds is 6. The molecule has 2 atom stereocenters. The highest BCUT2D eigenvalue weighted by Crippen LogP contribution is 2.35. The maximum Gasteiger partial charge on any atom is 0.237 e. The Balaban J connectivity index is 2.30. The van der Waals surface area contributed by atoms with Crippen LogP contribution in [0, 0.1) is 5.41 Å². The lowest BCUT2D eigenvalue weighted by Crippen LogP contribution is -2.49. The van der Waals surface area contributed by atoms with Crippen molar-refractivity contribution in [1.29, 1.82) is 0 Å². The Kier molecular flexibility index (Phi) is 6.31. The summed E-state index contributed by atoms with van der Waals surface area (Å²) in [5.41, 5.74) is 0.485. The molecule has 0 aromatic carbocycles. The molecule has 3 heteroatoms. The van der Waals surface area contributed by atoms with Crippen LogP contribution < -0.4 is 10.6 Å². The zero-order valence-electron chi connectivity index (χ0n) is 13.4. The number of hydrogen-bond donors (Lipinski definition) is 2. The fourth-order valence-electron chi connectivity index (χ4n) is 2.87. The second-order valence-electron chi connectivity index (χ2n) is 7.03. The summed E-state index contributed by atoms with van der Waals surface area (Å²) >= 11 is 0. The van der Waals surface area contributed by atoms with Gasteiger partial charge in [-0.2, -0.15) is 0 Å². The average molecular weight is 268 g/mol. The van der Waals surface area contributed by atoms with Gasteiger partial charge in [-0.15, -0.1) is 0 Å². The molecule has 112 valence electrons. The lowest BCUT2D eigenvalue weighted by Gasteiger charge is -2.35. The molecule has 0 aliphatic heterocycles. The molecule has 19 heavy (non-hydrogen) atoms. The number of hydrogen-bond acceptors (Lipinski definition) is 2. The summed E-state index contributed by atoms with van der Waals surface area (Å²) in [6.45, 7) is 10.9. The van der Waals surface area contributed by atoms with Gasteiger partial charge < -0.3 is 10.6 Å². The highest BCUT2D eigenvalue weighted by Gasteiger charge is 2.28. The average Bonchev–Trinajstić information content (AvgIpc) is 2.32. The fraction of sp³-hybridized carbons (Fsp3) is 0.938. The quantitative estimate of drug-likeness (QED) is 0.776. The number of amides is 1. The van der Waals surface area contributed by atoms with E-state index in [4.69, 9.17) is 0 Å². The van der Waals surface area contributed by atoms with Crippen molar-refractivity contribution in [3.05, 3.63) is 0 Å². The number of carbonyl (C=O) groups excluding carboxylic acids is 1. The first-order valence-corrected chi connectivity index (χ1v) is 7.90. The van der Waals surface area contributed by atoms with Gasteiger partial charge in [0.05, 0.1) is 6.04 Å². The molecule has 0 bridgehead atoms. The number of carbonyl (C=O) groups is 1. The summed E-state index contributed by atoms with van der Waals surface area (Å²) in [5.74, 6) is 0.144. The van der Waals surface area contributed by atoms with E-state index in [1.807, 2.05) is 6.92 Å². The van der Waals surface area contributed by atoms with Crippen LogP contribution in [0.4, 0.5) is 0 Å². The first-order valence-electron chi connectivity index (χ1n) is 7.90. The lowest BCUT2D eigenvalue weighted by molar-refractivity contribution is -0.123. The van der Waals surface area contributed by atoms with Crippen LogP contribution in [-0.4, -0.2) is 24.0 Å². The SMILES string of the molecule is CCCC(C)NC(=O)C(C)NC1CCC(C)(C)CC1. The van der Waals surface area contributed by atoms with Crippen LogP contribution in [0.1, 0.15) is 73.1 Å². The minimum Gasteiger partial charge on any atom is -0.352 e. The highest BCUT2D eigenvalue weighted by molar-refractivity contribution is 5.81. The summed E-state index contributed by atoms with van der Waals surface area (Å²) in [4.78, 5) is 12.1. The van der Waals surface area contributed by atoms with E-state index < -0.39 is 0 Å². The predicted molar refractivity (Wildman–Crippen MR) is 81.1 cm³/mol. The molecule has 1 saturated carbocycles. The summed E-state index contributed by atoms with van der Waals surface area (Å²) in [6.07, 6.45) is 7.05. The Bertz CT molecular complexity index is 278. The molecule has 1 aliphatic rings. The van der Waals surface area contributed by atoms with Crippen molar-refractivity contribution >= 4 is 5.91 Å². The van der Waals surface area contributed by atoms with Crippen LogP contribution in [0.5, 0.6) is 0 Å². The molecule has 1 amide bonds. The molecule has 1 aliphatic carbocycles. The van der Waals surface area contributed by atoms with Gasteiger partial charge in [-0.3, -0.25) is 4.79 Å². The molecule has 0 saturated heterocycles. The number of nitrogens with one attached hydrogen (secondary N) is 2. The van der Waals surface area contributed by atoms with Crippen molar-refractivity contribution < 1.29 is 4.79 Å². The Labute approximate surface area is 118 Å². The van der Waals surface area contributed by atoms with E-state index in [9.17, 15) is 4.79 Å². The van der Waals surface area contributed by atoms with Crippen molar-refractivity contribution in [2.24, 2.45) is 5.41 Å². The van der Waals surface area contributed by atoms with Gasteiger partial charge in [0.25, 0.3) is 0 Å². The molecular weight excluding hydrogens is 236 g/mol. The zero-order chi connectivity index (χ0) is 14.5. The van der Waals surface area contributed by atoms with Crippen molar-refractivity contribution in [1.82, 2.24) is 10.6 Å². The van der Waals surface area contributed by atoms with E-state index in [-0.39, 0.29) is 18.0 Å². The van der Waals surface area contributed by atoms with Crippen molar-refractivity contribution in [3.63, 3.8) is 0 Å². The van der Waals surface area contributed by atoms with Gasteiger partial charge in [0.2, 0.25) is 5.91 Å². The summed E-state index contributed by atoms with van der Waals surface area (Å²) in [7, 11) is 0. The molecule has 0 aromatic rings. The maximum absolute atomic E-state index is 12.1. The molecule has 0 heterocycles. The van der Waals surface area contributed by atoms with Gasteiger partial charge in [-0.05, 0) is 51.4 Å². The second kappa shape index (κ2) is 7.28. The summed E-state index contributed by atoms with van der Waals surface area (Å²) in [6, 6.07) is 0.716. The Morgan fingerprint density at radius 3 is 2.37 bits per heavy atom. The third-order valence-corrected chi connectivity index (χ3v) is 4.33. The van der Waals surface area contributed by atoms with Gasteiger partial charge in [-0.1, -0.05) is 27.2 Å². The highest BCUT2D eigenvalue weighted by atomic mass is 16.2. The lowest BCUT2D eigenvalue weighted by atomic mass is 9.75. The first kappa shape index (κ1) is 16.5. The van der Waals surface area contributed by atoms with E-state index in [0.29, 0.717) is 11.5 Å². The van der Waals surface area contributed by atoms with Crippen molar-refractivity contribution in [3.8, 4) is 0 Å². The van der Waals surface area contributed by atoms with Gasteiger partial charge in [0.15, 0.2) is 0 Å². The third kappa shape index (κ3) is 5.94. The summed E-state index contributed by atoms with van der Waals surface area (Å²) in [5, 5.41) is 6.58. The van der Waals surface area contributed by atoms with Crippen LogP contribution in [-0.2, 0) is 4.79 Å². The second-order valence-corrected chi connectivity index (χ2v) is 7.03. The monoisotopic (exact) mass is 268 g/mol. The van der Waals surface area contributed by atoms with Crippen LogP contribution in [0.15, 0.2) is 0 Å². The van der Waals surface area contributed by atoms with E-state index in [1.165, 1.54) is 25.7 Å². The Morgan fingerprint density at radius 2 is 1.84 bits per heavy atom. The minimum absolute atomic E-state index is 0.0782. The van der Waals surface area contributed by atoms with Crippen molar-refractivity contribution in [2.75, 3.05) is 0 Å². The van der Waals surface area contributed by atoms with Crippen LogP contribution >= 0.6 is 0 Å². The van der Waals surface area contributed by atoms with Gasteiger partial charge >= 0.3 is 0 Å². The predicted octanol–water partition coefficient (Wildman–Crippen LogP) is 3.24. The molecular formula is C16H32N2O. The van der Waals surface area contributed by atoms with Crippen LogP contribution in [0.3, 0.4) is 0 Å². The molecule has 3 nitrogen and oxygen atoms in total. The standard InChI is InChI=1S/C16H32N2O/c1-6-7-12(2)17-15(19)13(3)18-14-8-10-16(4,5)11-9-14/h12-14,18H,6-11H2,1-5H3,(H,17,19). The van der Waals surface area contributed by atoms with Crippen LogP contribution in [0.25, 0.3) is 0 Å². The Morgan fingerprint density at radius 1 is 1.26 bits per heavy atom. The first-order chi connectivity index (χ1) is 8.84. The fourth-order valence-corrected chi connectivity index (χ4v) is 2.87. The molecule has 2 N–H and O–H groups in total. The molecule has 1 rings (SSSR count). The van der Waals surface area contributed by atoms with Crippen LogP contribution in [0.2, 0.25) is 0 Å². The van der Waals surface area contributed by atoms with Gasteiger partial charge in [0.1, 0.15) is 0 Å². The third-order valence-electron chi connectivity index (χ3n) is 4.33. The molecule has 0 spiro atoms.